The number of ether oxygens (including phenoxy) is 1. The summed E-state index contributed by atoms with van der Waals surface area (Å²) in [4.78, 5) is 0.755. The van der Waals surface area contributed by atoms with Gasteiger partial charge in [-0.15, -0.1) is 0 Å². The lowest BCUT2D eigenvalue weighted by molar-refractivity contribution is -0.853. The van der Waals surface area contributed by atoms with Crippen molar-refractivity contribution in [2.24, 2.45) is 0 Å². The van der Waals surface area contributed by atoms with Gasteiger partial charge in [-0.25, -0.2) is 0 Å². The smallest absolute Gasteiger partial charge is 0.279 e. The minimum absolute atomic E-state index is 0.0717. The van der Waals surface area contributed by atoms with E-state index in [1.54, 1.807) is 24.1 Å². The Labute approximate surface area is 129 Å². The zero-order valence-electron chi connectivity index (χ0n) is 12.4. The summed E-state index contributed by atoms with van der Waals surface area (Å²) in [6, 6.07) is 13.1. The first kappa shape index (κ1) is 14.3. The zero-order chi connectivity index (χ0) is 15.5. The largest absolute Gasteiger partial charge is 0.826 e. The summed E-state index contributed by atoms with van der Waals surface area (Å²) < 4.78 is 6.88. The molecule has 5 heteroatoms. The van der Waals surface area contributed by atoms with Crippen LogP contribution in [0.3, 0.4) is 0 Å². The standard InChI is InChI=1S/C17H17N3O2/c1-22-14-7-5-13(6-8-14)20-12-9-15(18)16(17(20)21)19-10-3-2-4-11-19/h2-8,10-11H,9,12H2,1H3,(H-,18,21)/p+1. The number of pyridine rings is 1. The van der Waals surface area contributed by atoms with Crippen LogP contribution < -0.4 is 19.3 Å². The van der Waals surface area contributed by atoms with E-state index < -0.39 is 0 Å². The van der Waals surface area contributed by atoms with Crippen molar-refractivity contribution in [1.82, 2.24) is 0 Å². The maximum Gasteiger partial charge on any atom is 0.279 e. The molecule has 0 spiro atoms. The molecule has 1 aliphatic rings. The van der Waals surface area contributed by atoms with Crippen LogP contribution in [0.4, 0.5) is 5.69 Å². The maximum atomic E-state index is 12.8. The van der Waals surface area contributed by atoms with Crippen molar-refractivity contribution in [3.63, 3.8) is 0 Å². The van der Waals surface area contributed by atoms with E-state index in [0.29, 0.717) is 24.4 Å². The van der Waals surface area contributed by atoms with Gasteiger partial charge in [0.1, 0.15) is 23.0 Å². The summed E-state index contributed by atoms with van der Waals surface area (Å²) in [5.74, 6) is 0.694. The van der Waals surface area contributed by atoms with E-state index in [0.717, 1.165) is 16.3 Å². The highest BCUT2D eigenvalue weighted by Gasteiger charge is 2.30. The SMILES string of the molecule is COc1ccc([NH+]2CCC(=N)C([n+]3ccccc3)=C2[O-])cc1. The molecule has 2 aromatic rings. The number of benzene rings is 1. The molecular formula is C17H18N3O2+. The molecule has 112 valence electrons. The fraction of sp³-hybridized carbons (Fsp3) is 0.176. The van der Waals surface area contributed by atoms with Crippen LogP contribution in [0.5, 0.6) is 5.75 Å². The number of allylic oxidation sites excluding steroid dienone is 1. The lowest BCUT2D eigenvalue weighted by atomic mass is 10.1. The van der Waals surface area contributed by atoms with Crippen molar-refractivity contribution in [2.45, 2.75) is 6.42 Å². The van der Waals surface area contributed by atoms with Gasteiger partial charge in [0.15, 0.2) is 12.4 Å². The van der Waals surface area contributed by atoms with E-state index in [1.165, 1.54) is 0 Å². The second-order valence-corrected chi connectivity index (χ2v) is 5.15. The molecule has 2 heterocycles. The Morgan fingerprint density at radius 2 is 1.82 bits per heavy atom. The quantitative estimate of drug-likeness (QED) is 0.790. The third-order valence-corrected chi connectivity index (χ3v) is 3.81. The van der Waals surface area contributed by atoms with Gasteiger partial charge in [0.25, 0.3) is 5.70 Å². The third kappa shape index (κ3) is 2.58. The van der Waals surface area contributed by atoms with Gasteiger partial charge in [0.2, 0.25) is 0 Å². The number of nitrogens with zero attached hydrogens (tertiary/aromatic N) is 1. The Bertz CT molecular complexity index is 708. The molecule has 0 fully saturated rings. The summed E-state index contributed by atoms with van der Waals surface area (Å²) in [7, 11) is 1.62. The second-order valence-electron chi connectivity index (χ2n) is 5.15. The van der Waals surface area contributed by atoms with Crippen molar-refractivity contribution in [2.75, 3.05) is 13.7 Å². The summed E-state index contributed by atoms with van der Waals surface area (Å²) in [6.45, 7) is 0.598. The molecule has 1 aromatic carbocycles. The summed E-state index contributed by atoms with van der Waals surface area (Å²) >= 11 is 0. The summed E-state index contributed by atoms with van der Waals surface area (Å²) in [5, 5.41) is 20.9. The number of methoxy groups -OCH3 is 1. The normalized spacial score (nSPS) is 18.4. The number of rotatable bonds is 3. The second kappa shape index (κ2) is 5.99. The van der Waals surface area contributed by atoms with Crippen LogP contribution in [0, 0.1) is 5.41 Å². The first-order valence-electron chi connectivity index (χ1n) is 7.17. The number of aromatic nitrogens is 1. The number of nitrogens with one attached hydrogen (secondary N) is 2. The molecule has 0 saturated heterocycles. The molecule has 0 amide bonds. The van der Waals surface area contributed by atoms with Crippen LogP contribution in [0.15, 0.2) is 60.7 Å². The van der Waals surface area contributed by atoms with Crippen molar-refractivity contribution >= 4 is 17.1 Å². The van der Waals surface area contributed by atoms with Crippen LogP contribution in [-0.2, 0) is 0 Å². The predicted molar refractivity (Wildman–Crippen MR) is 80.7 cm³/mol. The van der Waals surface area contributed by atoms with Crippen molar-refractivity contribution in [3.05, 3.63) is 60.7 Å². The highest BCUT2D eigenvalue weighted by Crippen LogP contribution is 2.14. The average Bonchev–Trinajstić information content (AvgIpc) is 2.56. The molecule has 2 N–H and O–H groups in total. The molecular weight excluding hydrogens is 278 g/mol. The number of hydrogen-bond donors (Lipinski definition) is 2. The highest BCUT2D eigenvalue weighted by atomic mass is 16.5. The molecule has 0 aliphatic carbocycles. The van der Waals surface area contributed by atoms with Crippen LogP contribution >= 0.6 is 0 Å². The fourth-order valence-corrected chi connectivity index (χ4v) is 2.65. The minimum Gasteiger partial charge on any atom is -0.826 e. The van der Waals surface area contributed by atoms with E-state index in [9.17, 15) is 5.11 Å². The van der Waals surface area contributed by atoms with E-state index in [2.05, 4.69) is 0 Å². The van der Waals surface area contributed by atoms with Crippen LogP contribution in [0.1, 0.15) is 6.42 Å². The number of hydrogen-bond acceptors (Lipinski definition) is 3. The molecule has 0 saturated carbocycles. The van der Waals surface area contributed by atoms with Gasteiger partial charge in [0, 0.05) is 30.7 Å². The van der Waals surface area contributed by atoms with Gasteiger partial charge >= 0.3 is 0 Å². The lowest BCUT2D eigenvalue weighted by Gasteiger charge is -2.28. The Hall–Kier alpha value is -2.66. The Kier molecular flexibility index (Phi) is 3.89. The van der Waals surface area contributed by atoms with Gasteiger partial charge in [-0.1, -0.05) is 6.07 Å². The predicted octanol–water partition coefficient (Wildman–Crippen LogP) is 0.109. The average molecular weight is 296 g/mol. The third-order valence-electron chi connectivity index (χ3n) is 3.81. The molecule has 1 atom stereocenters. The minimum atomic E-state index is -0.0717. The van der Waals surface area contributed by atoms with Crippen LogP contribution in [-0.4, -0.2) is 19.4 Å². The van der Waals surface area contributed by atoms with E-state index >= 15 is 0 Å². The van der Waals surface area contributed by atoms with Crippen molar-refractivity contribution in [3.8, 4) is 5.75 Å². The molecule has 1 aliphatic heterocycles. The molecule has 0 bridgehead atoms. The fourth-order valence-electron chi connectivity index (χ4n) is 2.65. The molecule has 22 heavy (non-hydrogen) atoms. The van der Waals surface area contributed by atoms with Crippen molar-refractivity contribution in [1.29, 1.82) is 5.41 Å². The lowest BCUT2D eigenvalue weighted by Crippen LogP contribution is -3.08. The summed E-state index contributed by atoms with van der Waals surface area (Å²) in [6.07, 6.45) is 4.18. The monoisotopic (exact) mass is 296 g/mol. The van der Waals surface area contributed by atoms with E-state index in [-0.39, 0.29) is 5.88 Å². The molecule has 0 radical (unpaired) electrons. The first-order valence-corrected chi connectivity index (χ1v) is 7.17. The van der Waals surface area contributed by atoms with Gasteiger partial charge in [0.05, 0.1) is 13.7 Å². The molecule has 1 aromatic heterocycles. The van der Waals surface area contributed by atoms with Gasteiger partial charge in [-0.05, 0) is 12.1 Å². The van der Waals surface area contributed by atoms with Gasteiger partial charge < -0.3 is 9.84 Å². The topological polar surface area (TPSA) is 64.5 Å². The van der Waals surface area contributed by atoms with Gasteiger partial charge in [-0.2, -0.15) is 4.57 Å². The van der Waals surface area contributed by atoms with E-state index in [1.807, 2.05) is 42.5 Å². The van der Waals surface area contributed by atoms with Crippen LogP contribution in [0.2, 0.25) is 0 Å². The van der Waals surface area contributed by atoms with Gasteiger partial charge in [-0.3, -0.25) is 10.3 Å². The Morgan fingerprint density at radius 3 is 2.45 bits per heavy atom. The highest BCUT2D eigenvalue weighted by molar-refractivity contribution is 6.13. The zero-order valence-corrected chi connectivity index (χ0v) is 12.4. The molecule has 1 unspecified atom stereocenters. The van der Waals surface area contributed by atoms with Crippen molar-refractivity contribution < 1.29 is 19.3 Å². The summed E-state index contributed by atoms with van der Waals surface area (Å²) in [5.41, 5.74) is 1.73. The van der Waals surface area contributed by atoms with Crippen LogP contribution in [0.25, 0.3) is 5.70 Å². The Balaban J connectivity index is 2.02. The Morgan fingerprint density at radius 1 is 1.14 bits per heavy atom. The van der Waals surface area contributed by atoms with E-state index in [4.69, 9.17) is 10.1 Å². The maximum absolute atomic E-state index is 12.8. The molecule has 5 nitrogen and oxygen atoms in total. The number of quaternary nitrogens is 1. The molecule has 3 rings (SSSR count). The first-order chi connectivity index (χ1) is 10.7.